The lowest BCUT2D eigenvalue weighted by atomic mass is 9.94. The van der Waals surface area contributed by atoms with Crippen LogP contribution in [0.3, 0.4) is 0 Å². The van der Waals surface area contributed by atoms with Crippen LogP contribution in [-0.2, 0) is 14.8 Å². The Hall–Kier alpha value is -0.330. The molecule has 106 valence electrons. The van der Waals surface area contributed by atoms with Gasteiger partial charge in [-0.25, -0.2) is 13.1 Å². The average molecular weight is 324 g/mol. The lowest BCUT2D eigenvalue weighted by molar-refractivity contribution is 0.0549. The molecule has 1 aliphatic rings. The SMILES string of the molecule is O=S(=O)(NC1(CCl)CCOCC1)c1ccc(Cl)cc1. The standard InChI is InChI=1S/C12H15Cl2NO3S/c13-9-12(5-7-18-8-6-12)15-19(16,17)11-3-1-10(14)2-4-11/h1-4,15H,5-9H2. The number of ether oxygens (including phenoxy) is 1. The van der Waals surface area contributed by atoms with E-state index in [1.165, 1.54) is 12.1 Å². The Morgan fingerprint density at radius 3 is 2.32 bits per heavy atom. The normalized spacial score (nSPS) is 19.3. The van der Waals surface area contributed by atoms with Crippen molar-refractivity contribution in [2.24, 2.45) is 0 Å². The van der Waals surface area contributed by atoms with Crippen LogP contribution in [0.2, 0.25) is 5.02 Å². The van der Waals surface area contributed by atoms with Crippen molar-refractivity contribution < 1.29 is 13.2 Å². The molecule has 0 unspecified atom stereocenters. The molecule has 1 aromatic rings. The molecule has 1 N–H and O–H groups in total. The molecule has 0 saturated carbocycles. The third-order valence-corrected chi connectivity index (χ3v) is 5.54. The van der Waals surface area contributed by atoms with E-state index in [-0.39, 0.29) is 10.8 Å². The van der Waals surface area contributed by atoms with Crippen LogP contribution in [0, 0.1) is 0 Å². The van der Waals surface area contributed by atoms with E-state index >= 15 is 0 Å². The van der Waals surface area contributed by atoms with E-state index < -0.39 is 15.6 Å². The number of halogens is 2. The Bertz CT molecular complexity index is 524. The smallest absolute Gasteiger partial charge is 0.241 e. The molecule has 7 heteroatoms. The van der Waals surface area contributed by atoms with Gasteiger partial charge in [0.15, 0.2) is 0 Å². The van der Waals surface area contributed by atoms with Crippen molar-refractivity contribution in [1.29, 1.82) is 0 Å². The van der Waals surface area contributed by atoms with Crippen LogP contribution in [0.4, 0.5) is 0 Å². The Balaban J connectivity index is 2.22. The van der Waals surface area contributed by atoms with Crippen molar-refractivity contribution in [3.8, 4) is 0 Å². The Kier molecular flexibility index (Phi) is 4.74. The molecule has 2 rings (SSSR count). The Labute approximate surface area is 123 Å². The maximum absolute atomic E-state index is 12.3. The van der Waals surface area contributed by atoms with Crippen LogP contribution in [0.25, 0.3) is 0 Å². The first-order valence-corrected chi connectivity index (χ1v) is 8.30. The predicted molar refractivity (Wildman–Crippen MR) is 75.3 cm³/mol. The third kappa shape index (κ3) is 3.61. The van der Waals surface area contributed by atoms with Crippen LogP contribution in [0.1, 0.15) is 12.8 Å². The van der Waals surface area contributed by atoms with Crippen LogP contribution >= 0.6 is 23.2 Å². The van der Waals surface area contributed by atoms with E-state index in [2.05, 4.69) is 4.72 Å². The predicted octanol–water partition coefficient (Wildman–Crippen LogP) is 2.41. The topological polar surface area (TPSA) is 55.4 Å². The minimum absolute atomic E-state index is 0.188. The summed E-state index contributed by atoms with van der Waals surface area (Å²) in [5, 5.41) is 0.497. The molecule has 1 heterocycles. The van der Waals surface area contributed by atoms with Gasteiger partial charge in [-0.3, -0.25) is 0 Å². The first kappa shape index (κ1) is 15.1. The zero-order valence-corrected chi connectivity index (χ0v) is 12.6. The molecule has 4 nitrogen and oxygen atoms in total. The lowest BCUT2D eigenvalue weighted by Crippen LogP contribution is -2.53. The van der Waals surface area contributed by atoms with Gasteiger partial charge in [0.25, 0.3) is 0 Å². The average Bonchev–Trinajstić information content (AvgIpc) is 2.40. The first-order chi connectivity index (χ1) is 8.97. The van der Waals surface area contributed by atoms with E-state index in [0.29, 0.717) is 31.1 Å². The summed E-state index contributed by atoms with van der Waals surface area (Å²) in [5.41, 5.74) is -0.627. The fraction of sp³-hybridized carbons (Fsp3) is 0.500. The highest BCUT2D eigenvalue weighted by atomic mass is 35.5. The van der Waals surface area contributed by atoms with Gasteiger partial charge < -0.3 is 4.74 Å². The van der Waals surface area contributed by atoms with E-state index in [1.54, 1.807) is 12.1 Å². The monoisotopic (exact) mass is 323 g/mol. The van der Waals surface area contributed by atoms with Crippen LogP contribution in [0.5, 0.6) is 0 Å². The number of hydrogen-bond acceptors (Lipinski definition) is 3. The minimum Gasteiger partial charge on any atom is -0.381 e. The van der Waals surface area contributed by atoms with Crippen molar-refractivity contribution in [3.05, 3.63) is 29.3 Å². The van der Waals surface area contributed by atoms with Gasteiger partial charge in [0.1, 0.15) is 0 Å². The van der Waals surface area contributed by atoms with E-state index in [4.69, 9.17) is 27.9 Å². The molecule has 0 spiro atoms. The summed E-state index contributed by atoms with van der Waals surface area (Å²) in [6.07, 6.45) is 1.15. The molecule has 0 atom stereocenters. The van der Waals surface area contributed by atoms with Crippen molar-refractivity contribution in [3.63, 3.8) is 0 Å². The van der Waals surface area contributed by atoms with Gasteiger partial charge in [-0.05, 0) is 37.1 Å². The molecule has 0 bridgehead atoms. The minimum atomic E-state index is -3.60. The van der Waals surface area contributed by atoms with Gasteiger partial charge in [0, 0.05) is 24.1 Å². The van der Waals surface area contributed by atoms with Gasteiger partial charge >= 0.3 is 0 Å². The molecule has 1 saturated heterocycles. The van der Waals surface area contributed by atoms with Crippen molar-refractivity contribution in [1.82, 2.24) is 4.72 Å². The molecule has 0 aromatic heterocycles. The molecule has 0 radical (unpaired) electrons. The maximum atomic E-state index is 12.3. The van der Waals surface area contributed by atoms with Gasteiger partial charge in [0.2, 0.25) is 10.0 Å². The number of alkyl halides is 1. The maximum Gasteiger partial charge on any atom is 0.241 e. The zero-order valence-electron chi connectivity index (χ0n) is 10.2. The number of sulfonamides is 1. The van der Waals surface area contributed by atoms with Gasteiger partial charge in [-0.1, -0.05) is 11.6 Å². The molecule has 0 aliphatic carbocycles. The first-order valence-electron chi connectivity index (χ1n) is 5.91. The second kappa shape index (κ2) is 5.97. The summed E-state index contributed by atoms with van der Waals surface area (Å²) in [5.74, 6) is 0.225. The van der Waals surface area contributed by atoms with Crippen molar-refractivity contribution >= 4 is 33.2 Å². The molecular formula is C12H15Cl2NO3S. The molecule has 19 heavy (non-hydrogen) atoms. The molecular weight excluding hydrogens is 309 g/mol. The Morgan fingerprint density at radius 2 is 1.79 bits per heavy atom. The highest BCUT2D eigenvalue weighted by Crippen LogP contribution is 2.25. The summed E-state index contributed by atoms with van der Waals surface area (Å²) < 4.78 is 32.6. The molecule has 1 fully saturated rings. The van der Waals surface area contributed by atoms with Gasteiger partial charge in [0.05, 0.1) is 10.4 Å². The van der Waals surface area contributed by atoms with E-state index in [0.717, 1.165) is 0 Å². The van der Waals surface area contributed by atoms with Crippen LogP contribution in [0.15, 0.2) is 29.2 Å². The van der Waals surface area contributed by atoms with Gasteiger partial charge in [-0.15, -0.1) is 11.6 Å². The summed E-state index contributed by atoms with van der Waals surface area (Å²) in [4.78, 5) is 0.188. The quantitative estimate of drug-likeness (QED) is 0.866. The van der Waals surface area contributed by atoms with Gasteiger partial charge in [-0.2, -0.15) is 0 Å². The second-order valence-corrected chi connectivity index (χ2v) is 6.97. The highest BCUT2D eigenvalue weighted by molar-refractivity contribution is 7.89. The van der Waals surface area contributed by atoms with E-state index in [9.17, 15) is 8.42 Å². The lowest BCUT2D eigenvalue weighted by Gasteiger charge is -2.35. The molecule has 1 aromatic carbocycles. The Morgan fingerprint density at radius 1 is 1.21 bits per heavy atom. The fourth-order valence-electron chi connectivity index (χ4n) is 1.98. The number of benzene rings is 1. The summed E-state index contributed by atoms with van der Waals surface area (Å²) in [7, 11) is -3.60. The van der Waals surface area contributed by atoms with E-state index in [1.807, 2.05) is 0 Å². The highest BCUT2D eigenvalue weighted by Gasteiger charge is 2.36. The summed E-state index contributed by atoms with van der Waals surface area (Å²) in [6, 6.07) is 6.05. The largest absolute Gasteiger partial charge is 0.381 e. The zero-order chi connectivity index (χ0) is 13.9. The number of rotatable bonds is 4. The fourth-order valence-corrected chi connectivity index (χ4v) is 3.98. The number of nitrogens with one attached hydrogen (secondary N) is 1. The van der Waals surface area contributed by atoms with Crippen molar-refractivity contribution in [2.75, 3.05) is 19.1 Å². The third-order valence-electron chi connectivity index (χ3n) is 3.18. The summed E-state index contributed by atoms with van der Waals surface area (Å²) >= 11 is 11.7. The second-order valence-electron chi connectivity index (χ2n) is 4.59. The van der Waals surface area contributed by atoms with Crippen molar-refractivity contribution in [2.45, 2.75) is 23.3 Å². The molecule has 0 amide bonds. The van der Waals surface area contributed by atoms with Crippen LogP contribution in [-0.4, -0.2) is 33.1 Å². The van der Waals surface area contributed by atoms with Crippen LogP contribution < -0.4 is 4.72 Å². The molecule has 1 aliphatic heterocycles. The summed E-state index contributed by atoms with van der Waals surface area (Å²) in [6.45, 7) is 1.02. The number of hydrogen-bond donors (Lipinski definition) is 1.